The van der Waals surface area contributed by atoms with Crippen LogP contribution in [-0.2, 0) is 0 Å². The standard InChI is InChI=1S/C10H7Cl2N3/c11-6-1-2-7(8(12)3-6)10-9(13)4-14-5-15-10/h1-5H,13H2. The van der Waals surface area contributed by atoms with Crippen LogP contribution in [0.1, 0.15) is 0 Å². The van der Waals surface area contributed by atoms with E-state index in [4.69, 9.17) is 28.9 Å². The van der Waals surface area contributed by atoms with E-state index in [-0.39, 0.29) is 0 Å². The number of aromatic nitrogens is 2. The number of rotatable bonds is 1. The van der Waals surface area contributed by atoms with Crippen LogP contribution in [0.4, 0.5) is 5.69 Å². The number of nitrogen functional groups attached to an aromatic ring is 1. The number of hydrogen-bond acceptors (Lipinski definition) is 3. The Morgan fingerprint density at radius 1 is 1.20 bits per heavy atom. The molecule has 1 heterocycles. The molecule has 5 heteroatoms. The zero-order valence-electron chi connectivity index (χ0n) is 7.61. The molecule has 2 aromatic rings. The lowest BCUT2D eigenvalue weighted by atomic mass is 10.1. The minimum Gasteiger partial charge on any atom is -0.396 e. The summed E-state index contributed by atoms with van der Waals surface area (Å²) in [5, 5.41) is 1.10. The minimum absolute atomic E-state index is 0.488. The van der Waals surface area contributed by atoms with Crippen molar-refractivity contribution in [2.45, 2.75) is 0 Å². The molecule has 0 atom stereocenters. The smallest absolute Gasteiger partial charge is 0.116 e. The van der Waals surface area contributed by atoms with Crippen LogP contribution in [0.15, 0.2) is 30.7 Å². The summed E-state index contributed by atoms with van der Waals surface area (Å²) in [6.45, 7) is 0. The van der Waals surface area contributed by atoms with Crippen molar-refractivity contribution in [1.82, 2.24) is 9.97 Å². The number of halogens is 2. The van der Waals surface area contributed by atoms with Crippen LogP contribution in [0, 0.1) is 0 Å². The Labute approximate surface area is 96.9 Å². The molecular weight excluding hydrogens is 233 g/mol. The summed E-state index contributed by atoms with van der Waals surface area (Å²) in [5.41, 5.74) is 7.60. The summed E-state index contributed by atoms with van der Waals surface area (Å²) in [5.74, 6) is 0. The lowest BCUT2D eigenvalue weighted by molar-refractivity contribution is 1.18. The van der Waals surface area contributed by atoms with Crippen molar-refractivity contribution in [1.29, 1.82) is 0 Å². The van der Waals surface area contributed by atoms with Crippen LogP contribution in [-0.4, -0.2) is 9.97 Å². The van der Waals surface area contributed by atoms with E-state index >= 15 is 0 Å². The average Bonchev–Trinajstić information content (AvgIpc) is 2.20. The molecule has 0 aliphatic rings. The highest BCUT2D eigenvalue weighted by molar-refractivity contribution is 6.36. The summed E-state index contributed by atoms with van der Waals surface area (Å²) < 4.78 is 0. The predicted octanol–water partition coefficient (Wildman–Crippen LogP) is 3.03. The molecule has 3 nitrogen and oxygen atoms in total. The van der Waals surface area contributed by atoms with Gasteiger partial charge in [-0.15, -0.1) is 0 Å². The van der Waals surface area contributed by atoms with Gasteiger partial charge in [0.1, 0.15) is 6.33 Å². The SMILES string of the molecule is Nc1cncnc1-c1ccc(Cl)cc1Cl. The number of hydrogen-bond donors (Lipinski definition) is 1. The Bertz CT molecular complexity index is 500. The van der Waals surface area contributed by atoms with Crippen LogP contribution >= 0.6 is 23.2 Å². The molecule has 0 saturated carbocycles. The van der Waals surface area contributed by atoms with Crippen LogP contribution in [0.2, 0.25) is 10.0 Å². The normalized spacial score (nSPS) is 10.3. The molecule has 0 aliphatic heterocycles. The Morgan fingerprint density at radius 3 is 2.67 bits per heavy atom. The molecule has 2 rings (SSSR count). The second-order valence-corrected chi connectivity index (χ2v) is 3.79. The third-order valence-corrected chi connectivity index (χ3v) is 2.47. The molecule has 2 N–H and O–H groups in total. The molecular formula is C10H7Cl2N3. The van der Waals surface area contributed by atoms with Crippen molar-refractivity contribution in [3.8, 4) is 11.3 Å². The van der Waals surface area contributed by atoms with E-state index in [2.05, 4.69) is 9.97 Å². The zero-order valence-corrected chi connectivity index (χ0v) is 9.13. The quantitative estimate of drug-likeness (QED) is 0.833. The van der Waals surface area contributed by atoms with Crippen molar-refractivity contribution in [3.05, 3.63) is 40.8 Å². The molecule has 0 aliphatic carbocycles. The fourth-order valence-corrected chi connectivity index (χ4v) is 1.74. The molecule has 76 valence electrons. The van der Waals surface area contributed by atoms with Crippen molar-refractivity contribution in [3.63, 3.8) is 0 Å². The summed E-state index contributed by atoms with van der Waals surface area (Å²) in [4.78, 5) is 7.89. The van der Waals surface area contributed by atoms with E-state index in [0.717, 1.165) is 5.56 Å². The largest absolute Gasteiger partial charge is 0.396 e. The van der Waals surface area contributed by atoms with Gasteiger partial charge in [0.05, 0.1) is 22.6 Å². The minimum atomic E-state index is 0.488. The second-order valence-electron chi connectivity index (χ2n) is 2.95. The molecule has 1 aromatic heterocycles. The first kappa shape index (κ1) is 10.2. The summed E-state index contributed by atoms with van der Waals surface area (Å²) >= 11 is 11.8. The van der Waals surface area contributed by atoms with Gasteiger partial charge in [-0.25, -0.2) is 9.97 Å². The van der Waals surface area contributed by atoms with Gasteiger partial charge in [0.25, 0.3) is 0 Å². The van der Waals surface area contributed by atoms with Gasteiger partial charge in [0.15, 0.2) is 0 Å². The van der Waals surface area contributed by atoms with Crippen molar-refractivity contribution in [2.24, 2.45) is 0 Å². The van der Waals surface area contributed by atoms with Gasteiger partial charge in [-0.3, -0.25) is 0 Å². The molecule has 15 heavy (non-hydrogen) atoms. The maximum absolute atomic E-state index is 6.04. The van der Waals surface area contributed by atoms with Crippen molar-refractivity contribution < 1.29 is 0 Å². The van der Waals surface area contributed by atoms with Crippen molar-refractivity contribution >= 4 is 28.9 Å². The fourth-order valence-electron chi connectivity index (χ4n) is 1.25. The van der Waals surface area contributed by atoms with Crippen LogP contribution in [0.5, 0.6) is 0 Å². The topological polar surface area (TPSA) is 51.8 Å². The lowest BCUT2D eigenvalue weighted by Gasteiger charge is -2.05. The maximum atomic E-state index is 6.04. The summed E-state index contributed by atoms with van der Waals surface area (Å²) in [6.07, 6.45) is 2.96. The van der Waals surface area contributed by atoms with Gasteiger partial charge in [0.2, 0.25) is 0 Å². The fraction of sp³-hybridized carbons (Fsp3) is 0. The Hall–Kier alpha value is -1.32. The van der Waals surface area contributed by atoms with Gasteiger partial charge < -0.3 is 5.73 Å². The Balaban J connectivity index is 2.60. The molecule has 0 bridgehead atoms. The van der Waals surface area contributed by atoms with Gasteiger partial charge in [-0.2, -0.15) is 0 Å². The Morgan fingerprint density at radius 2 is 2.00 bits per heavy atom. The monoisotopic (exact) mass is 239 g/mol. The van der Waals surface area contributed by atoms with Crippen LogP contribution < -0.4 is 5.73 Å². The summed E-state index contributed by atoms with van der Waals surface area (Å²) in [7, 11) is 0. The molecule has 0 spiro atoms. The van der Waals surface area contributed by atoms with E-state index in [0.29, 0.717) is 21.4 Å². The molecule has 0 amide bonds. The highest BCUT2D eigenvalue weighted by atomic mass is 35.5. The van der Waals surface area contributed by atoms with Gasteiger partial charge in [-0.1, -0.05) is 23.2 Å². The van der Waals surface area contributed by atoms with Gasteiger partial charge in [-0.05, 0) is 18.2 Å². The van der Waals surface area contributed by atoms with E-state index < -0.39 is 0 Å². The lowest BCUT2D eigenvalue weighted by Crippen LogP contribution is -1.94. The number of anilines is 1. The van der Waals surface area contributed by atoms with E-state index in [1.807, 2.05) is 0 Å². The number of nitrogens with two attached hydrogens (primary N) is 1. The molecule has 1 aromatic carbocycles. The van der Waals surface area contributed by atoms with Gasteiger partial charge >= 0.3 is 0 Å². The Kier molecular flexibility index (Phi) is 2.75. The molecule has 0 fully saturated rings. The van der Waals surface area contributed by atoms with E-state index in [9.17, 15) is 0 Å². The molecule has 0 saturated heterocycles. The first-order chi connectivity index (χ1) is 7.18. The highest BCUT2D eigenvalue weighted by Crippen LogP contribution is 2.31. The number of nitrogens with zero attached hydrogens (tertiary/aromatic N) is 2. The zero-order chi connectivity index (χ0) is 10.8. The van der Waals surface area contributed by atoms with Crippen LogP contribution in [0.3, 0.4) is 0 Å². The number of benzene rings is 1. The van der Waals surface area contributed by atoms with E-state index in [1.54, 1.807) is 18.2 Å². The third kappa shape index (κ3) is 2.03. The van der Waals surface area contributed by atoms with E-state index in [1.165, 1.54) is 12.5 Å². The molecule has 0 unspecified atom stereocenters. The predicted molar refractivity (Wildman–Crippen MR) is 61.9 cm³/mol. The third-order valence-electron chi connectivity index (χ3n) is 1.93. The average molecular weight is 240 g/mol. The van der Waals surface area contributed by atoms with Gasteiger partial charge in [0, 0.05) is 10.6 Å². The van der Waals surface area contributed by atoms with Crippen molar-refractivity contribution in [2.75, 3.05) is 5.73 Å². The first-order valence-electron chi connectivity index (χ1n) is 4.19. The highest BCUT2D eigenvalue weighted by Gasteiger charge is 2.08. The van der Waals surface area contributed by atoms with Crippen LogP contribution in [0.25, 0.3) is 11.3 Å². The first-order valence-corrected chi connectivity index (χ1v) is 4.95. The maximum Gasteiger partial charge on any atom is 0.116 e. The molecule has 0 radical (unpaired) electrons. The summed E-state index contributed by atoms with van der Waals surface area (Å²) in [6, 6.07) is 5.17. The second kappa shape index (κ2) is 4.04.